The molecule has 0 aliphatic carbocycles. The lowest BCUT2D eigenvalue weighted by atomic mass is 10.1. The maximum Gasteiger partial charge on any atom is 0.249 e. The summed E-state index contributed by atoms with van der Waals surface area (Å²) in [5, 5.41) is 20.0. The van der Waals surface area contributed by atoms with E-state index in [0.29, 0.717) is 0 Å². The number of amides is 1. The van der Waals surface area contributed by atoms with E-state index in [1.807, 2.05) is 13.8 Å². The Bertz CT molecular complexity index is 643. The van der Waals surface area contributed by atoms with Crippen molar-refractivity contribution in [3.8, 4) is 5.75 Å². The number of carbonyl (C=O) groups excluding carboxylic acids is 1. The standard InChI is InChI=1S/C15H18N4O2/c1-3-12-13(4-2)18-19-15(16-12)17-14(21)9-10-6-5-7-11(20)8-10/h5-8,20H,3-4,9H2,1-2H3,(H,16,17,19,21). The fourth-order valence-corrected chi connectivity index (χ4v) is 2.01. The smallest absolute Gasteiger partial charge is 0.249 e. The number of phenols is 1. The van der Waals surface area contributed by atoms with Gasteiger partial charge in [-0.05, 0) is 30.5 Å². The minimum atomic E-state index is -0.242. The SMILES string of the molecule is CCc1nnc(NC(=O)Cc2cccc(O)c2)nc1CC. The molecule has 2 aromatic rings. The van der Waals surface area contributed by atoms with Crippen molar-refractivity contribution >= 4 is 11.9 Å². The highest BCUT2D eigenvalue weighted by molar-refractivity contribution is 5.90. The topological polar surface area (TPSA) is 88.0 Å². The number of phenolic OH excluding ortho intramolecular Hbond substituents is 1. The Kier molecular flexibility index (Phi) is 4.81. The number of hydrogen-bond donors (Lipinski definition) is 2. The molecule has 2 N–H and O–H groups in total. The Morgan fingerprint density at radius 1 is 1.19 bits per heavy atom. The fourth-order valence-electron chi connectivity index (χ4n) is 2.01. The minimum Gasteiger partial charge on any atom is -0.508 e. The Morgan fingerprint density at radius 2 is 1.95 bits per heavy atom. The first kappa shape index (κ1) is 14.9. The first-order chi connectivity index (χ1) is 10.1. The van der Waals surface area contributed by atoms with Crippen molar-refractivity contribution in [3.63, 3.8) is 0 Å². The number of benzene rings is 1. The molecule has 6 heteroatoms. The summed E-state index contributed by atoms with van der Waals surface area (Å²) in [7, 11) is 0. The molecule has 0 fully saturated rings. The normalized spacial score (nSPS) is 10.4. The molecule has 21 heavy (non-hydrogen) atoms. The Hall–Kier alpha value is -2.50. The lowest BCUT2D eigenvalue weighted by Crippen LogP contribution is -2.18. The van der Waals surface area contributed by atoms with Crippen LogP contribution in [0.25, 0.3) is 0 Å². The number of anilines is 1. The predicted octanol–water partition coefficient (Wildman–Crippen LogP) is 1.88. The van der Waals surface area contributed by atoms with Crippen LogP contribution < -0.4 is 5.32 Å². The molecule has 0 atom stereocenters. The van der Waals surface area contributed by atoms with E-state index in [1.54, 1.807) is 24.3 Å². The highest BCUT2D eigenvalue weighted by Gasteiger charge is 2.10. The van der Waals surface area contributed by atoms with Gasteiger partial charge in [-0.25, -0.2) is 4.98 Å². The number of nitrogens with zero attached hydrogens (tertiary/aromatic N) is 3. The molecule has 110 valence electrons. The molecule has 1 aromatic heterocycles. The zero-order chi connectivity index (χ0) is 15.2. The molecule has 0 radical (unpaired) electrons. The van der Waals surface area contributed by atoms with Crippen molar-refractivity contribution in [1.29, 1.82) is 0 Å². The molecule has 0 spiro atoms. The largest absolute Gasteiger partial charge is 0.508 e. The zero-order valence-electron chi connectivity index (χ0n) is 12.1. The van der Waals surface area contributed by atoms with Gasteiger partial charge in [-0.3, -0.25) is 10.1 Å². The highest BCUT2D eigenvalue weighted by atomic mass is 16.3. The van der Waals surface area contributed by atoms with Gasteiger partial charge in [0.25, 0.3) is 0 Å². The number of aryl methyl sites for hydroxylation is 2. The van der Waals surface area contributed by atoms with Crippen molar-refractivity contribution in [2.75, 3.05) is 5.32 Å². The summed E-state index contributed by atoms with van der Waals surface area (Å²) in [4.78, 5) is 16.3. The van der Waals surface area contributed by atoms with Gasteiger partial charge in [-0.2, -0.15) is 0 Å². The van der Waals surface area contributed by atoms with Gasteiger partial charge in [0.05, 0.1) is 17.8 Å². The first-order valence-electron chi connectivity index (χ1n) is 6.92. The lowest BCUT2D eigenvalue weighted by molar-refractivity contribution is -0.115. The van der Waals surface area contributed by atoms with Crippen LogP contribution in [0.15, 0.2) is 24.3 Å². The maximum atomic E-state index is 11.9. The number of hydrogen-bond acceptors (Lipinski definition) is 5. The number of carbonyl (C=O) groups is 1. The van der Waals surface area contributed by atoms with Gasteiger partial charge in [0.2, 0.25) is 11.9 Å². The molecular weight excluding hydrogens is 268 g/mol. The highest BCUT2D eigenvalue weighted by Crippen LogP contribution is 2.12. The van der Waals surface area contributed by atoms with Crippen LogP contribution in [0.3, 0.4) is 0 Å². The Morgan fingerprint density at radius 3 is 2.62 bits per heavy atom. The Balaban J connectivity index is 2.06. The number of nitrogens with one attached hydrogen (secondary N) is 1. The number of aromatic nitrogens is 3. The summed E-state index contributed by atoms with van der Waals surface area (Å²) in [6.07, 6.45) is 1.66. The average molecular weight is 286 g/mol. The summed E-state index contributed by atoms with van der Waals surface area (Å²) in [5.74, 6) is 0.113. The second kappa shape index (κ2) is 6.78. The molecule has 6 nitrogen and oxygen atoms in total. The molecule has 1 amide bonds. The molecular formula is C15H18N4O2. The predicted molar refractivity (Wildman–Crippen MR) is 79.0 cm³/mol. The monoisotopic (exact) mass is 286 g/mol. The van der Waals surface area contributed by atoms with Crippen LogP contribution in [0.4, 0.5) is 5.95 Å². The van der Waals surface area contributed by atoms with E-state index in [1.165, 1.54) is 0 Å². The third-order valence-electron chi connectivity index (χ3n) is 3.04. The zero-order valence-corrected chi connectivity index (χ0v) is 12.1. The minimum absolute atomic E-state index is 0.138. The average Bonchev–Trinajstić information content (AvgIpc) is 2.47. The number of aromatic hydroxyl groups is 1. The quantitative estimate of drug-likeness (QED) is 0.876. The van der Waals surface area contributed by atoms with Crippen LogP contribution in [0, 0.1) is 0 Å². The Labute approximate surface area is 123 Å². The van der Waals surface area contributed by atoms with Crippen molar-refractivity contribution in [2.24, 2.45) is 0 Å². The summed E-state index contributed by atoms with van der Waals surface area (Å²) in [6, 6.07) is 6.58. The molecule has 0 aliphatic heterocycles. The third kappa shape index (κ3) is 3.98. The molecule has 0 bridgehead atoms. The molecule has 1 aromatic carbocycles. The van der Waals surface area contributed by atoms with Gasteiger partial charge < -0.3 is 5.11 Å². The molecule has 0 unspecified atom stereocenters. The summed E-state index contributed by atoms with van der Waals surface area (Å²) < 4.78 is 0. The van der Waals surface area contributed by atoms with E-state index in [2.05, 4.69) is 20.5 Å². The fraction of sp³-hybridized carbons (Fsp3) is 0.333. The van der Waals surface area contributed by atoms with Gasteiger partial charge >= 0.3 is 0 Å². The van der Waals surface area contributed by atoms with E-state index >= 15 is 0 Å². The van der Waals surface area contributed by atoms with E-state index in [4.69, 9.17) is 0 Å². The van der Waals surface area contributed by atoms with Crippen molar-refractivity contribution in [3.05, 3.63) is 41.2 Å². The molecule has 1 heterocycles. The van der Waals surface area contributed by atoms with Crippen molar-refractivity contribution < 1.29 is 9.90 Å². The van der Waals surface area contributed by atoms with E-state index in [-0.39, 0.29) is 24.0 Å². The van der Waals surface area contributed by atoms with Crippen molar-refractivity contribution in [2.45, 2.75) is 33.1 Å². The second-order valence-electron chi connectivity index (χ2n) is 4.63. The van der Waals surface area contributed by atoms with Crippen LogP contribution >= 0.6 is 0 Å². The van der Waals surface area contributed by atoms with Gasteiger partial charge in [0.15, 0.2) is 0 Å². The van der Waals surface area contributed by atoms with Crippen LogP contribution in [-0.2, 0) is 24.1 Å². The lowest BCUT2D eigenvalue weighted by Gasteiger charge is -2.07. The van der Waals surface area contributed by atoms with E-state index in [0.717, 1.165) is 29.8 Å². The molecule has 2 rings (SSSR count). The summed E-state index contributed by atoms with van der Waals surface area (Å²) in [6.45, 7) is 3.98. The van der Waals surface area contributed by atoms with Crippen molar-refractivity contribution in [1.82, 2.24) is 15.2 Å². The second-order valence-corrected chi connectivity index (χ2v) is 4.63. The molecule has 0 aliphatic rings. The molecule has 0 saturated heterocycles. The number of rotatable bonds is 5. The van der Waals surface area contributed by atoms with Crippen LogP contribution in [0.5, 0.6) is 5.75 Å². The summed E-state index contributed by atoms with van der Waals surface area (Å²) in [5.41, 5.74) is 2.42. The van der Waals surface area contributed by atoms with Crippen LogP contribution in [0.2, 0.25) is 0 Å². The van der Waals surface area contributed by atoms with E-state index < -0.39 is 0 Å². The third-order valence-corrected chi connectivity index (χ3v) is 3.04. The maximum absolute atomic E-state index is 11.9. The van der Waals surface area contributed by atoms with E-state index in [9.17, 15) is 9.90 Å². The van der Waals surface area contributed by atoms with Crippen LogP contribution in [0.1, 0.15) is 30.8 Å². The van der Waals surface area contributed by atoms with Gasteiger partial charge in [0.1, 0.15) is 5.75 Å². The van der Waals surface area contributed by atoms with Gasteiger partial charge in [0, 0.05) is 0 Å². The van der Waals surface area contributed by atoms with Gasteiger partial charge in [-0.1, -0.05) is 26.0 Å². The first-order valence-corrected chi connectivity index (χ1v) is 6.92. The summed E-state index contributed by atoms with van der Waals surface area (Å²) >= 11 is 0. The molecule has 0 saturated carbocycles. The van der Waals surface area contributed by atoms with Gasteiger partial charge in [-0.15, -0.1) is 10.2 Å². The van der Waals surface area contributed by atoms with Crippen LogP contribution in [-0.4, -0.2) is 26.2 Å².